The molecule has 2 N–H and O–H groups in total. The van der Waals surface area contributed by atoms with E-state index in [0.717, 1.165) is 17.9 Å². The van der Waals surface area contributed by atoms with Crippen molar-refractivity contribution < 1.29 is 9.52 Å². The molecule has 3 atom stereocenters. The number of nitrogens with one attached hydrogen (secondary N) is 1. The molecule has 0 fully saturated rings. The first kappa shape index (κ1) is 14.6. The summed E-state index contributed by atoms with van der Waals surface area (Å²) >= 11 is 6.04. The lowest BCUT2D eigenvalue weighted by Crippen LogP contribution is -2.30. The SMILES string of the molecule is CC(CC(O)c1ccco1)NC1CCc2cc(Cl)ccc21. The summed E-state index contributed by atoms with van der Waals surface area (Å²) in [7, 11) is 0. The molecule has 1 aliphatic carbocycles. The fraction of sp³-hybridized carbons (Fsp3) is 0.412. The average molecular weight is 306 g/mol. The molecule has 3 unspecified atom stereocenters. The first-order valence-electron chi connectivity index (χ1n) is 7.39. The van der Waals surface area contributed by atoms with Crippen LogP contribution in [0.1, 0.15) is 48.8 Å². The Balaban J connectivity index is 1.60. The number of aryl methyl sites for hydroxylation is 1. The second-order valence-corrected chi connectivity index (χ2v) is 6.21. The van der Waals surface area contributed by atoms with Crippen LogP contribution in [0.2, 0.25) is 5.02 Å². The van der Waals surface area contributed by atoms with Gasteiger partial charge in [-0.1, -0.05) is 17.7 Å². The summed E-state index contributed by atoms with van der Waals surface area (Å²) in [5.74, 6) is 0.627. The summed E-state index contributed by atoms with van der Waals surface area (Å²) in [4.78, 5) is 0. The minimum Gasteiger partial charge on any atom is -0.467 e. The number of aliphatic hydroxyl groups is 1. The van der Waals surface area contributed by atoms with Crippen molar-refractivity contribution in [2.75, 3.05) is 0 Å². The highest BCUT2D eigenvalue weighted by atomic mass is 35.5. The normalized spacial score (nSPS) is 20.2. The maximum atomic E-state index is 10.1. The van der Waals surface area contributed by atoms with Gasteiger partial charge in [-0.25, -0.2) is 0 Å². The topological polar surface area (TPSA) is 45.4 Å². The molecule has 1 heterocycles. The molecule has 0 amide bonds. The molecule has 1 aromatic heterocycles. The summed E-state index contributed by atoms with van der Waals surface area (Å²) in [6, 6.07) is 10.3. The lowest BCUT2D eigenvalue weighted by atomic mass is 10.0. The van der Waals surface area contributed by atoms with Crippen LogP contribution < -0.4 is 5.32 Å². The van der Waals surface area contributed by atoms with Gasteiger partial charge in [0, 0.05) is 17.1 Å². The molecule has 0 saturated carbocycles. The van der Waals surface area contributed by atoms with Gasteiger partial charge in [-0.2, -0.15) is 0 Å². The van der Waals surface area contributed by atoms with Crippen LogP contribution in [0.15, 0.2) is 41.0 Å². The van der Waals surface area contributed by atoms with Crippen LogP contribution in [0.5, 0.6) is 0 Å². The van der Waals surface area contributed by atoms with Crippen molar-refractivity contribution >= 4 is 11.6 Å². The Bertz CT molecular complexity index is 597. The van der Waals surface area contributed by atoms with E-state index in [9.17, 15) is 5.11 Å². The Morgan fingerprint density at radius 1 is 1.43 bits per heavy atom. The molecule has 0 bridgehead atoms. The molecule has 0 radical (unpaired) electrons. The predicted octanol–water partition coefficient (Wildman–Crippen LogP) is 4.02. The minimum atomic E-state index is -0.561. The van der Waals surface area contributed by atoms with Gasteiger partial charge in [0.05, 0.1) is 6.26 Å². The number of benzene rings is 1. The van der Waals surface area contributed by atoms with Crippen molar-refractivity contribution in [3.05, 3.63) is 58.5 Å². The number of aliphatic hydroxyl groups excluding tert-OH is 1. The van der Waals surface area contributed by atoms with Crippen LogP contribution in [0, 0.1) is 0 Å². The molecule has 1 aromatic carbocycles. The molecule has 112 valence electrons. The predicted molar refractivity (Wildman–Crippen MR) is 83.4 cm³/mol. The first-order valence-corrected chi connectivity index (χ1v) is 7.77. The van der Waals surface area contributed by atoms with Crippen molar-refractivity contribution in [2.45, 2.75) is 44.4 Å². The number of hydrogen-bond acceptors (Lipinski definition) is 3. The van der Waals surface area contributed by atoms with E-state index < -0.39 is 6.10 Å². The summed E-state index contributed by atoms with van der Waals surface area (Å²) in [6.07, 6.45) is 3.80. The largest absolute Gasteiger partial charge is 0.467 e. The van der Waals surface area contributed by atoms with Gasteiger partial charge < -0.3 is 14.8 Å². The molecule has 3 rings (SSSR count). The molecule has 21 heavy (non-hydrogen) atoms. The molecule has 4 heteroatoms. The summed E-state index contributed by atoms with van der Waals surface area (Å²) in [5, 5.41) is 14.5. The first-order chi connectivity index (χ1) is 10.1. The van der Waals surface area contributed by atoms with E-state index >= 15 is 0 Å². The van der Waals surface area contributed by atoms with Gasteiger partial charge in [0.2, 0.25) is 0 Å². The summed E-state index contributed by atoms with van der Waals surface area (Å²) < 4.78 is 5.24. The zero-order valence-corrected chi connectivity index (χ0v) is 12.8. The van der Waals surface area contributed by atoms with Crippen LogP contribution in [-0.4, -0.2) is 11.1 Å². The van der Waals surface area contributed by atoms with Gasteiger partial charge >= 0.3 is 0 Å². The Hall–Kier alpha value is -1.29. The Labute approximate surface area is 129 Å². The number of rotatable bonds is 5. The standard InChI is InChI=1S/C17H20ClNO2/c1-11(9-16(20)17-3-2-8-21-17)19-15-7-4-12-10-13(18)5-6-14(12)15/h2-3,5-6,8,10-11,15-16,19-20H,4,7,9H2,1H3. The van der Waals surface area contributed by atoms with Crippen molar-refractivity contribution in [2.24, 2.45) is 0 Å². The van der Waals surface area contributed by atoms with E-state index in [2.05, 4.69) is 24.4 Å². The van der Waals surface area contributed by atoms with E-state index in [1.807, 2.05) is 12.1 Å². The fourth-order valence-corrected chi connectivity index (χ4v) is 3.30. The number of furan rings is 1. The molecule has 0 spiro atoms. The van der Waals surface area contributed by atoms with E-state index in [1.54, 1.807) is 12.3 Å². The lowest BCUT2D eigenvalue weighted by molar-refractivity contribution is 0.126. The molecule has 0 aliphatic heterocycles. The van der Waals surface area contributed by atoms with Crippen LogP contribution in [0.3, 0.4) is 0 Å². The molecule has 2 aromatic rings. The Kier molecular flexibility index (Phi) is 4.34. The van der Waals surface area contributed by atoms with Crippen LogP contribution >= 0.6 is 11.6 Å². The van der Waals surface area contributed by atoms with Gasteiger partial charge in [0.1, 0.15) is 11.9 Å². The van der Waals surface area contributed by atoms with Crippen molar-refractivity contribution in [3.63, 3.8) is 0 Å². The van der Waals surface area contributed by atoms with Crippen LogP contribution in [-0.2, 0) is 6.42 Å². The second kappa shape index (κ2) is 6.22. The van der Waals surface area contributed by atoms with E-state index in [1.165, 1.54) is 11.1 Å². The highest BCUT2D eigenvalue weighted by molar-refractivity contribution is 6.30. The smallest absolute Gasteiger partial charge is 0.132 e. The van der Waals surface area contributed by atoms with E-state index in [0.29, 0.717) is 18.2 Å². The van der Waals surface area contributed by atoms with Crippen LogP contribution in [0.25, 0.3) is 0 Å². The maximum absolute atomic E-state index is 10.1. The third-order valence-corrected chi connectivity index (χ3v) is 4.35. The zero-order valence-electron chi connectivity index (χ0n) is 12.1. The molecular formula is C17H20ClNO2. The Morgan fingerprint density at radius 3 is 3.05 bits per heavy atom. The Morgan fingerprint density at radius 2 is 2.29 bits per heavy atom. The van der Waals surface area contributed by atoms with Crippen molar-refractivity contribution in [1.82, 2.24) is 5.32 Å². The zero-order chi connectivity index (χ0) is 14.8. The van der Waals surface area contributed by atoms with Crippen LogP contribution in [0.4, 0.5) is 0 Å². The van der Waals surface area contributed by atoms with Gasteiger partial charge in [-0.05, 0) is 61.6 Å². The number of halogens is 1. The second-order valence-electron chi connectivity index (χ2n) is 5.77. The lowest BCUT2D eigenvalue weighted by Gasteiger charge is -2.22. The monoisotopic (exact) mass is 305 g/mol. The van der Waals surface area contributed by atoms with Crippen molar-refractivity contribution in [3.8, 4) is 0 Å². The summed E-state index contributed by atoms with van der Waals surface area (Å²) in [5.41, 5.74) is 2.66. The number of fused-ring (bicyclic) bond motifs is 1. The van der Waals surface area contributed by atoms with Gasteiger partial charge in [0.25, 0.3) is 0 Å². The van der Waals surface area contributed by atoms with E-state index in [-0.39, 0.29) is 6.04 Å². The molecule has 1 aliphatic rings. The highest BCUT2D eigenvalue weighted by Gasteiger charge is 2.25. The summed E-state index contributed by atoms with van der Waals surface area (Å²) in [6.45, 7) is 2.10. The highest BCUT2D eigenvalue weighted by Crippen LogP contribution is 2.33. The molecule has 3 nitrogen and oxygen atoms in total. The molecular weight excluding hydrogens is 286 g/mol. The van der Waals surface area contributed by atoms with Crippen molar-refractivity contribution in [1.29, 1.82) is 0 Å². The average Bonchev–Trinajstić information content (AvgIpc) is 3.08. The third kappa shape index (κ3) is 3.31. The quantitative estimate of drug-likeness (QED) is 0.877. The third-order valence-electron chi connectivity index (χ3n) is 4.12. The minimum absolute atomic E-state index is 0.205. The fourth-order valence-electron chi connectivity index (χ4n) is 3.10. The van der Waals surface area contributed by atoms with Gasteiger partial charge in [-0.15, -0.1) is 0 Å². The maximum Gasteiger partial charge on any atom is 0.132 e. The van der Waals surface area contributed by atoms with Gasteiger partial charge in [0.15, 0.2) is 0 Å². The van der Waals surface area contributed by atoms with E-state index in [4.69, 9.17) is 16.0 Å². The van der Waals surface area contributed by atoms with Gasteiger partial charge in [-0.3, -0.25) is 0 Å². The number of hydrogen-bond donors (Lipinski definition) is 2. The molecule has 0 saturated heterocycles.